The van der Waals surface area contributed by atoms with E-state index in [1.165, 1.54) is 18.5 Å². The average Bonchev–Trinajstić information content (AvgIpc) is 2.41. The van der Waals surface area contributed by atoms with E-state index in [1.54, 1.807) is 18.2 Å². The normalized spacial score (nSPS) is 9.95. The Balaban J connectivity index is 2.22. The molecule has 1 aromatic carbocycles. The number of anilines is 1. The molecule has 0 atom stereocenters. The standard InChI is InChI=1S/C14H14N2O3/c1-2-19-13-6-4-3-5-11(13)16-14(18)10-7-8-15-9-12(10)17/h3-9,17H,2H2,1H3,(H,16,18). The summed E-state index contributed by atoms with van der Waals surface area (Å²) in [5.74, 6) is 0.0211. The number of benzene rings is 1. The van der Waals surface area contributed by atoms with Crippen molar-refractivity contribution in [3.8, 4) is 11.5 Å². The summed E-state index contributed by atoms with van der Waals surface area (Å²) in [6.45, 7) is 2.38. The lowest BCUT2D eigenvalue weighted by atomic mass is 10.2. The number of rotatable bonds is 4. The monoisotopic (exact) mass is 258 g/mol. The van der Waals surface area contributed by atoms with E-state index in [2.05, 4.69) is 10.3 Å². The summed E-state index contributed by atoms with van der Waals surface area (Å²) in [6, 6.07) is 8.58. The van der Waals surface area contributed by atoms with E-state index in [1.807, 2.05) is 13.0 Å². The molecule has 0 aliphatic heterocycles. The average molecular weight is 258 g/mol. The second kappa shape index (κ2) is 5.86. The lowest BCUT2D eigenvalue weighted by molar-refractivity contribution is 0.102. The highest BCUT2D eigenvalue weighted by Gasteiger charge is 2.12. The number of aromatic nitrogens is 1. The molecular weight excluding hydrogens is 244 g/mol. The van der Waals surface area contributed by atoms with E-state index in [0.717, 1.165) is 0 Å². The Labute approximate surface area is 110 Å². The van der Waals surface area contributed by atoms with Gasteiger partial charge in [-0.25, -0.2) is 0 Å². The molecule has 0 saturated heterocycles. The van der Waals surface area contributed by atoms with Gasteiger partial charge in [0.05, 0.1) is 24.1 Å². The Kier molecular flexibility index (Phi) is 3.97. The largest absolute Gasteiger partial charge is 0.505 e. The fourth-order valence-electron chi connectivity index (χ4n) is 1.62. The van der Waals surface area contributed by atoms with Crippen molar-refractivity contribution in [3.05, 3.63) is 48.3 Å². The number of hydrogen-bond acceptors (Lipinski definition) is 4. The maximum absolute atomic E-state index is 12.0. The van der Waals surface area contributed by atoms with Crippen LogP contribution in [0, 0.1) is 0 Å². The molecule has 0 bridgehead atoms. The summed E-state index contributed by atoms with van der Waals surface area (Å²) in [6.07, 6.45) is 2.67. The molecule has 2 N–H and O–H groups in total. The Hall–Kier alpha value is -2.56. The molecule has 2 aromatic rings. The van der Waals surface area contributed by atoms with E-state index in [9.17, 15) is 9.90 Å². The van der Waals surface area contributed by atoms with Crippen molar-refractivity contribution in [2.45, 2.75) is 6.92 Å². The van der Waals surface area contributed by atoms with Crippen LogP contribution in [0.4, 0.5) is 5.69 Å². The number of aromatic hydroxyl groups is 1. The SMILES string of the molecule is CCOc1ccccc1NC(=O)c1ccncc1O. The van der Waals surface area contributed by atoms with Crippen LogP contribution in [0.15, 0.2) is 42.7 Å². The van der Waals surface area contributed by atoms with Crippen molar-refractivity contribution in [1.29, 1.82) is 0 Å². The van der Waals surface area contributed by atoms with Gasteiger partial charge in [-0.1, -0.05) is 12.1 Å². The Bertz CT molecular complexity index is 584. The van der Waals surface area contributed by atoms with E-state index in [4.69, 9.17) is 4.74 Å². The van der Waals surface area contributed by atoms with Crippen LogP contribution in [0.2, 0.25) is 0 Å². The highest BCUT2D eigenvalue weighted by Crippen LogP contribution is 2.25. The molecule has 1 heterocycles. The highest BCUT2D eigenvalue weighted by atomic mass is 16.5. The van der Waals surface area contributed by atoms with Crippen molar-refractivity contribution in [1.82, 2.24) is 4.98 Å². The predicted molar refractivity (Wildman–Crippen MR) is 71.5 cm³/mol. The first-order valence-electron chi connectivity index (χ1n) is 5.88. The van der Waals surface area contributed by atoms with Gasteiger partial charge in [0.2, 0.25) is 0 Å². The number of amides is 1. The third kappa shape index (κ3) is 3.01. The van der Waals surface area contributed by atoms with Crippen LogP contribution in [-0.2, 0) is 0 Å². The van der Waals surface area contributed by atoms with Gasteiger partial charge in [-0.15, -0.1) is 0 Å². The molecule has 0 spiro atoms. The minimum Gasteiger partial charge on any atom is -0.505 e. The van der Waals surface area contributed by atoms with Gasteiger partial charge >= 0.3 is 0 Å². The van der Waals surface area contributed by atoms with Crippen LogP contribution in [0.3, 0.4) is 0 Å². The molecule has 0 saturated carbocycles. The van der Waals surface area contributed by atoms with Gasteiger partial charge < -0.3 is 15.2 Å². The molecule has 2 rings (SSSR count). The lowest BCUT2D eigenvalue weighted by Gasteiger charge is -2.11. The van der Waals surface area contributed by atoms with Gasteiger partial charge in [0.1, 0.15) is 11.5 Å². The zero-order valence-electron chi connectivity index (χ0n) is 10.5. The molecule has 98 valence electrons. The van der Waals surface area contributed by atoms with Crippen molar-refractivity contribution in [3.63, 3.8) is 0 Å². The van der Waals surface area contributed by atoms with Crippen molar-refractivity contribution in [2.75, 3.05) is 11.9 Å². The molecule has 0 aliphatic rings. The van der Waals surface area contributed by atoms with E-state index in [0.29, 0.717) is 18.0 Å². The summed E-state index contributed by atoms with van der Waals surface area (Å²) in [5.41, 5.74) is 0.729. The van der Waals surface area contributed by atoms with Crippen LogP contribution in [-0.4, -0.2) is 22.6 Å². The smallest absolute Gasteiger partial charge is 0.259 e. The van der Waals surface area contributed by atoms with Gasteiger partial charge in [-0.2, -0.15) is 0 Å². The highest BCUT2D eigenvalue weighted by molar-refractivity contribution is 6.06. The molecule has 5 heteroatoms. The molecule has 0 radical (unpaired) electrons. The fraction of sp³-hybridized carbons (Fsp3) is 0.143. The third-order valence-corrected chi connectivity index (χ3v) is 2.48. The Morgan fingerprint density at radius 3 is 2.89 bits per heavy atom. The second-order valence-corrected chi connectivity index (χ2v) is 3.78. The number of hydrogen-bond donors (Lipinski definition) is 2. The summed E-state index contributed by atoms with van der Waals surface area (Å²) in [7, 11) is 0. The molecule has 5 nitrogen and oxygen atoms in total. The first kappa shape index (κ1) is 12.9. The van der Waals surface area contributed by atoms with Crippen LogP contribution in [0.25, 0.3) is 0 Å². The zero-order chi connectivity index (χ0) is 13.7. The van der Waals surface area contributed by atoms with Crippen LogP contribution in [0.1, 0.15) is 17.3 Å². The quantitative estimate of drug-likeness (QED) is 0.883. The molecule has 0 fully saturated rings. The number of nitrogens with one attached hydrogen (secondary N) is 1. The number of carbonyl (C=O) groups is 1. The molecular formula is C14H14N2O3. The number of nitrogens with zero attached hydrogens (tertiary/aromatic N) is 1. The minimum absolute atomic E-state index is 0.158. The summed E-state index contributed by atoms with van der Waals surface area (Å²) in [4.78, 5) is 15.8. The molecule has 1 aromatic heterocycles. The number of carbonyl (C=O) groups excluding carboxylic acids is 1. The second-order valence-electron chi connectivity index (χ2n) is 3.78. The van der Waals surface area contributed by atoms with Gasteiger partial charge in [0.15, 0.2) is 0 Å². The van der Waals surface area contributed by atoms with Crippen LogP contribution in [0.5, 0.6) is 11.5 Å². The van der Waals surface area contributed by atoms with E-state index >= 15 is 0 Å². The van der Waals surface area contributed by atoms with E-state index < -0.39 is 5.91 Å². The van der Waals surface area contributed by atoms with Crippen LogP contribution < -0.4 is 10.1 Å². The first-order chi connectivity index (χ1) is 9.22. The molecule has 1 amide bonds. The maximum atomic E-state index is 12.0. The number of para-hydroxylation sites is 2. The predicted octanol–water partition coefficient (Wildman–Crippen LogP) is 2.44. The Morgan fingerprint density at radius 1 is 1.37 bits per heavy atom. The topological polar surface area (TPSA) is 71.5 Å². The van der Waals surface area contributed by atoms with Gasteiger partial charge in [-0.3, -0.25) is 9.78 Å². The fourth-order valence-corrected chi connectivity index (χ4v) is 1.62. The third-order valence-electron chi connectivity index (χ3n) is 2.48. The van der Waals surface area contributed by atoms with Gasteiger partial charge in [0.25, 0.3) is 5.91 Å². The molecule has 0 aliphatic carbocycles. The van der Waals surface area contributed by atoms with E-state index in [-0.39, 0.29) is 11.3 Å². The van der Waals surface area contributed by atoms with Crippen molar-refractivity contribution >= 4 is 11.6 Å². The summed E-state index contributed by atoms with van der Waals surface area (Å²) < 4.78 is 5.41. The Morgan fingerprint density at radius 2 is 2.16 bits per heavy atom. The number of pyridine rings is 1. The van der Waals surface area contributed by atoms with Gasteiger partial charge in [0, 0.05) is 6.20 Å². The first-order valence-corrected chi connectivity index (χ1v) is 5.88. The van der Waals surface area contributed by atoms with Crippen molar-refractivity contribution in [2.24, 2.45) is 0 Å². The molecule has 0 unspecified atom stereocenters. The summed E-state index contributed by atoms with van der Waals surface area (Å²) >= 11 is 0. The minimum atomic E-state index is -0.410. The molecule has 19 heavy (non-hydrogen) atoms. The van der Waals surface area contributed by atoms with Crippen LogP contribution >= 0.6 is 0 Å². The zero-order valence-corrected chi connectivity index (χ0v) is 10.5. The summed E-state index contributed by atoms with van der Waals surface area (Å²) in [5, 5.41) is 12.3. The lowest BCUT2D eigenvalue weighted by Crippen LogP contribution is -2.13. The van der Waals surface area contributed by atoms with Crippen molar-refractivity contribution < 1.29 is 14.6 Å². The van der Waals surface area contributed by atoms with Gasteiger partial charge in [-0.05, 0) is 25.1 Å². The maximum Gasteiger partial charge on any atom is 0.259 e. The number of ether oxygens (including phenoxy) is 1.